The van der Waals surface area contributed by atoms with Crippen molar-refractivity contribution < 1.29 is 0 Å². The number of H-pyrrole nitrogens is 1. The van der Waals surface area contributed by atoms with Crippen LogP contribution in [-0.2, 0) is 0 Å². The second-order valence-electron chi connectivity index (χ2n) is 4.90. The maximum Gasteiger partial charge on any atom is 0.257 e. The first-order valence-electron chi connectivity index (χ1n) is 6.36. The molecule has 1 aromatic carbocycles. The van der Waals surface area contributed by atoms with Crippen molar-refractivity contribution in [3.05, 3.63) is 40.7 Å². The lowest BCUT2D eigenvalue weighted by atomic mass is 10.1. The van der Waals surface area contributed by atoms with Gasteiger partial charge in [-0.3, -0.25) is 4.79 Å². The summed E-state index contributed by atoms with van der Waals surface area (Å²) in [6.07, 6.45) is 1.96. The zero-order valence-electron chi connectivity index (χ0n) is 10.2. The van der Waals surface area contributed by atoms with Gasteiger partial charge in [0, 0.05) is 24.5 Å². The Morgan fingerprint density at radius 3 is 2.72 bits per heavy atom. The Balaban J connectivity index is 2.00. The molecule has 4 nitrogen and oxygen atoms in total. The molecule has 0 bridgehead atoms. The summed E-state index contributed by atoms with van der Waals surface area (Å²) < 4.78 is 0. The van der Waals surface area contributed by atoms with Crippen molar-refractivity contribution in [3.63, 3.8) is 0 Å². The van der Waals surface area contributed by atoms with E-state index in [-0.39, 0.29) is 5.56 Å². The highest BCUT2D eigenvalue weighted by Gasteiger charge is 2.17. The van der Waals surface area contributed by atoms with Gasteiger partial charge in [-0.25, -0.2) is 0 Å². The highest BCUT2D eigenvalue weighted by atomic mass is 16.1. The Morgan fingerprint density at radius 2 is 1.94 bits per heavy atom. The fraction of sp³-hybridized carbons (Fsp3) is 0.357. The first-order valence-corrected chi connectivity index (χ1v) is 6.36. The molecule has 0 amide bonds. The molecule has 2 heterocycles. The summed E-state index contributed by atoms with van der Waals surface area (Å²) in [6, 6.07) is 10.0. The maximum atomic E-state index is 12.0. The van der Waals surface area contributed by atoms with Crippen LogP contribution < -0.4 is 16.2 Å². The van der Waals surface area contributed by atoms with Gasteiger partial charge in [-0.05, 0) is 30.4 Å². The van der Waals surface area contributed by atoms with E-state index < -0.39 is 0 Å². The highest BCUT2D eigenvalue weighted by Crippen LogP contribution is 2.19. The number of hydrogen-bond donors (Lipinski definition) is 2. The molecule has 3 N–H and O–H groups in total. The van der Waals surface area contributed by atoms with Crippen LogP contribution in [0.1, 0.15) is 12.8 Å². The average Bonchev–Trinajstić information content (AvgIpc) is 2.39. The van der Waals surface area contributed by atoms with Crippen LogP contribution in [0.25, 0.3) is 10.8 Å². The minimum absolute atomic E-state index is 0.0158. The van der Waals surface area contributed by atoms with Crippen molar-refractivity contribution in [2.45, 2.75) is 18.9 Å². The Morgan fingerprint density at radius 1 is 1.22 bits per heavy atom. The van der Waals surface area contributed by atoms with E-state index in [1.807, 2.05) is 30.3 Å². The molecule has 3 rings (SSSR count). The molecule has 1 aliphatic rings. The number of hydrogen-bond acceptors (Lipinski definition) is 3. The van der Waals surface area contributed by atoms with Crippen molar-refractivity contribution in [1.82, 2.24) is 4.98 Å². The van der Waals surface area contributed by atoms with E-state index in [0.29, 0.717) is 6.04 Å². The Kier molecular flexibility index (Phi) is 2.80. The van der Waals surface area contributed by atoms with Gasteiger partial charge in [-0.2, -0.15) is 0 Å². The first kappa shape index (κ1) is 11.3. The molecule has 18 heavy (non-hydrogen) atoms. The number of nitrogens with zero attached hydrogens (tertiary/aromatic N) is 1. The third-order valence-electron chi connectivity index (χ3n) is 3.62. The smallest absolute Gasteiger partial charge is 0.257 e. The summed E-state index contributed by atoms with van der Waals surface area (Å²) in [6.45, 7) is 1.82. The SMILES string of the molecule is NC1CCN(c2cc3ccccc3c(=O)[nH]2)CC1. The van der Waals surface area contributed by atoms with E-state index in [1.54, 1.807) is 0 Å². The molecule has 1 fully saturated rings. The van der Waals surface area contributed by atoms with Crippen LogP contribution in [0, 0.1) is 0 Å². The highest BCUT2D eigenvalue weighted by molar-refractivity contribution is 5.83. The number of benzene rings is 1. The molecule has 1 aliphatic heterocycles. The van der Waals surface area contributed by atoms with Gasteiger partial charge in [0.05, 0.1) is 0 Å². The lowest BCUT2D eigenvalue weighted by Crippen LogP contribution is -2.40. The first-order chi connectivity index (χ1) is 8.74. The monoisotopic (exact) mass is 243 g/mol. The van der Waals surface area contributed by atoms with Gasteiger partial charge in [-0.1, -0.05) is 18.2 Å². The zero-order valence-corrected chi connectivity index (χ0v) is 10.2. The number of fused-ring (bicyclic) bond motifs is 1. The van der Waals surface area contributed by atoms with Crippen molar-refractivity contribution in [2.24, 2.45) is 5.73 Å². The Bertz CT molecular complexity index is 612. The number of aromatic amines is 1. The van der Waals surface area contributed by atoms with Crippen LogP contribution in [0.5, 0.6) is 0 Å². The summed E-state index contributed by atoms with van der Waals surface area (Å²) in [5.74, 6) is 0.908. The predicted octanol–water partition coefficient (Wildman–Crippen LogP) is 1.46. The summed E-state index contributed by atoms with van der Waals surface area (Å²) in [5, 5.41) is 1.74. The van der Waals surface area contributed by atoms with Crippen molar-refractivity contribution in [2.75, 3.05) is 18.0 Å². The largest absolute Gasteiger partial charge is 0.358 e. The van der Waals surface area contributed by atoms with E-state index in [1.165, 1.54) is 0 Å². The number of anilines is 1. The van der Waals surface area contributed by atoms with Gasteiger partial charge in [-0.15, -0.1) is 0 Å². The number of aromatic nitrogens is 1. The van der Waals surface area contributed by atoms with Crippen LogP contribution in [-0.4, -0.2) is 24.1 Å². The van der Waals surface area contributed by atoms with Crippen LogP contribution in [0.4, 0.5) is 5.82 Å². The summed E-state index contributed by atoms with van der Waals surface area (Å²) in [7, 11) is 0. The number of nitrogens with two attached hydrogens (primary N) is 1. The van der Waals surface area contributed by atoms with Crippen LogP contribution in [0.3, 0.4) is 0 Å². The molecule has 1 saturated heterocycles. The Hall–Kier alpha value is -1.81. The van der Waals surface area contributed by atoms with Crippen molar-refractivity contribution >= 4 is 16.6 Å². The summed E-state index contributed by atoms with van der Waals surface area (Å²) >= 11 is 0. The van der Waals surface area contributed by atoms with Gasteiger partial charge in [0.25, 0.3) is 5.56 Å². The van der Waals surface area contributed by atoms with Gasteiger partial charge < -0.3 is 15.6 Å². The van der Waals surface area contributed by atoms with Crippen molar-refractivity contribution in [3.8, 4) is 0 Å². The molecule has 0 spiro atoms. The molecule has 0 radical (unpaired) electrons. The second kappa shape index (κ2) is 4.46. The normalized spacial score (nSPS) is 17.3. The quantitative estimate of drug-likeness (QED) is 0.797. The third kappa shape index (κ3) is 1.99. The molecule has 2 aromatic rings. The molecule has 0 unspecified atom stereocenters. The molecular weight excluding hydrogens is 226 g/mol. The number of pyridine rings is 1. The maximum absolute atomic E-state index is 12.0. The molecule has 0 aliphatic carbocycles. The van der Waals surface area contributed by atoms with Gasteiger partial charge >= 0.3 is 0 Å². The van der Waals surface area contributed by atoms with Gasteiger partial charge in [0.2, 0.25) is 0 Å². The number of piperidine rings is 1. The zero-order chi connectivity index (χ0) is 12.5. The molecule has 0 atom stereocenters. The minimum Gasteiger partial charge on any atom is -0.358 e. The number of nitrogens with one attached hydrogen (secondary N) is 1. The summed E-state index contributed by atoms with van der Waals surface area (Å²) in [5.41, 5.74) is 5.88. The Labute approximate surface area is 105 Å². The molecule has 94 valence electrons. The fourth-order valence-electron chi connectivity index (χ4n) is 2.51. The number of rotatable bonds is 1. The van der Waals surface area contributed by atoms with Gasteiger partial charge in [0.1, 0.15) is 5.82 Å². The lowest BCUT2D eigenvalue weighted by molar-refractivity contribution is 0.498. The van der Waals surface area contributed by atoms with Gasteiger partial charge in [0.15, 0.2) is 0 Å². The third-order valence-corrected chi connectivity index (χ3v) is 3.62. The van der Waals surface area contributed by atoms with E-state index in [9.17, 15) is 4.79 Å². The minimum atomic E-state index is -0.0158. The van der Waals surface area contributed by atoms with Crippen LogP contribution >= 0.6 is 0 Å². The molecule has 4 heteroatoms. The lowest BCUT2D eigenvalue weighted by Gasteiger charge is -2.31. The fourth-order valence-corrected chi connectivity index (χ4v) is 2.51. The van der Waals surface area contributed by atoms with Crippen molar-refractivity contribution in [1.29, 1.82) is 0 Å². The average molecular weight is 243 g/mol. The van der Waals surface area contributed by atoms with E-state index >= 15 is 0 Å². The molecular formula is C14H17N3O. The molecule has 0 saturated carbocycles. The van der Waals surface area contributed by atoms with E-state index in [2.05, 4.69) is 9.88 Å². The predicted molar refractivity (Wildman–Crippen MR) is 74.0 cm³/mol. The topological polar surface area (TPSA) is 62.1 Å². The van der Waals surface area contributed by atoms with Crippen LogP contribution in [0.2, 0.25) is 0 Å². The molecule has 1 aromatic heterocycles. The standard InChI is InChI=1S/C14H17N3O/c15-11-5-7-17(8-6-11)13-9-10-3-1-2-4-12(10)14(18)16-13/h1-4,9,11H,5-8,15H2,(H,16,18). The summed E-state index contributed by atoms with van der Waals surface area (Å²) in [4.78, 5) is 17.2. The van der Waals surface area contributed by atoms with E-state index in [4.69, 9.17) is 5.73 Å². The second-order valence-corrected chi connectivity index (χ2v) is 4.90. The van der Waals surface area contributed by atoms with Crippen LogP contribution in [0.15, 0.2) is 35.1 Å². The van der Waals surface area contributed by atoms with E-state index in [0.717, 1.165) is 42.5 Å².